The second-order valence-electron chi connectivity index (χ2n) is 4.05. The third-order valence-corrected chi connectivity index (χ3v) is 3.18. The highest BCUT2D eigenvalue weighted by Gasteiger charge is 2.08. The standard InChI is InChI=1S/C14H12Cl2FN/c1-9(10-5-6-14(17)13(16)7-10)18-12-4-2-3-11(15)8-12/h2-9,18H,1H3. The SMILES string of the molecule is CC(Nc1cccc(Cl)c1)c1ccc(F)c(Cl)c1. The Bertz CT molecular complexity index is 557. The summed E-state index contributed by atoms with van der Waals surface area (Å²) in [5, 5.41) is 4.08. The van der Waals surface area contributed by atoms with Crippen LogP contribution in [0.15, 0.2) is 42.5 Å². The van der Waals surface area contributed by atoms with Crippen molar-refractivity contribution in [1.82, 2.24) is 0 Å². The fourth-order valence-corrected chi connectivity index (χ4v) is 2.07. The third kappa shape index (κ3) is 3.15. The zero-order chi connectivity index (χ0) is 13.1. The summed E-state index contributed by atoms with van der Waals surface area (Å²) in [4.78, 5) is 0. The number of hydrogen-bond acceptors (Lipinski definition) is 1. The monoisotopic (exact) mass is 283 g/mol. The zero-order valence-electron chi connectivity index (χ0n) is 9.75. The summed E-state index contributed by atoms with van der Waals surface area (Å²) in [6.07, 6.45) is 0. The molecule has 1 atom stereocenters. The maximum Gasteiger partial charge on any atom is 0.141 e. The summed E-state index contributed by atoms with van der Waals surface area (Å²) >= 11 is 11.7. The molecule has 0 aliphatic carbocycles. The predicted octanol–water partition coefficient (Wildman–Crippen LogP) is 5.31. The maximum absolute atomic E-state index is 13.1. The molecule has 0 heterocycles. The minimum atomic E-state index is -0.407. The van der Waals surface area contributed by atoms with Crippen molar-refractivity contribution in [3.63, 3.8) is 0 Å². The highest BCUT2D eigenvalue weighted by Crippen LogP contribution is 2.24. The molecule has 1 nitrogen and oxygen atoms in total. The van der Waals surface area contributed by atoms with Crippen molar-refractivity contribution in [2.45, 2.75) is 13.0 Å². The van der Waals surface area contributed by atoms with Gasteiger partial charge in [0, 0.05) is 16.8 Å². The Labute approximate surface area is 116 Å². The molecule has 94 valence electrons. The average molecular weight is 284 g/mol. The zero-order valence-corrected chi connectivity index (χ0v) is 11.3. The van der Waals surface area contributed by atoms with Crippen molar-refractivity contribution in [1.29, 1.82) is 0 Å². The smallest absolute Gasteiger partial charge is 0.141 e. The Kier molecular flexibility index (Phi) is 4.10. The van der Waals surface area contributed by atoms with Crippen molar-refractivity contribution in [2.75, 3.05) is 5.32 Å². The minimum Gasteiger partial charge on any atom is -0.378 e. The molecule has 0 aromatic heterocycles. The fourth-order valence-electron chi connectivity index (χ4n) is 1.69. The molecular formula is C14H12Cl2FN. The molecule has 0 radical (unpaired) electrons. The van der Waals surface area contributed by atoms with Gasteiger partial charge in [0.05, 0.1) is 5.02 Å². The van der Waals surface area contributed by atoms with E-state index in [1.165, 1.54) is 6.07 Å². The molecule has 1 unspecified atom stereocenters. The van der Waals surface area contributed by atoms with Gasteiger partial charge >= 0.3 is 0 Å². The molecule has 0 saturated carbocycles. The van der Waals surface area contributed by atoms with E-state index in [0.717, 1.165) is 11.3 Å². The van der Waals surface area contributed by atoms with Gasteiger partial charge in [0.25, 0.3) is 0 Å². The van der Waals surface area contributed by atoms with E-state index in [-0.39, 0.29) is 11.1 Å². The fraction of sp³-hybridized carbons (Fsp3) is 0.143. The van der Waals surface area contributed by atoms with Crippen molar-refractivity contribution >= 4 is 28.9 Å². The number of nitrogens with one attached hydrogen (secondary N) is 1. The van der Waals surface area contributed by atoms with Gasteiger partial charge in [0.1, 0.15) is 5.82 Å². The molecule has 18 heavy (non-hydrogen) atoms. The first-order valence-electron chi connectivity index (χ1n) is 5.53. The van der Waals surface area contributed by atoms with Gasteiger partial charge in [-0.1, -0.05) is 35.3 Å². The van der Waals surface area contributed by atoms with E-state index in [4.69, 9.17) is 23.2 Å². The van der Waals surface area contributed by atoms with E-state index in [9.17, 15) is 4.39 Å². The lowest BCUT2D eigenvalue weighted by Crippen LogP contribution is -2.06. The Balaban J connectivity index is 2.16. The van der Waals surface area contributed by atoms with E-state index in [1.807, 2.05) is 31.2 Å². The van der Waals surface area contributed by atoms with Crippen molar-refractivity contribution < 1.29 is 4.39 Å². The van der Waals surface area contributed by atoms with Gasteiger partial charge in [-0.05, 0) is 42.8 Å². The number of rotatable bonds is 3. The second-order valence-corrected chi connectivity index (χ2v) is 4.89. The molecular weight excluding hydrogens is 272 g/mol. The van der Waals surface area contributed by atoms with E-state index in [2.05, 4.69) is 5.32 Å². The first-order valence-corrected chi connectivity index (χ1v) is 6.29. The molecule has 0 amide bonds. The molecule has 0 fully saturated rings. The van der Waals surface area contributed by atoms with Gasteiger partial charge in [-0.25, -0.2) is 4.39 Å². The number of benzene rings is 2. The van der Waals surface area contributed by atoms with Gasteiger partial charge in [0.15, 0.2) is 0 Å². The largest absolute Gasteiger partial charge is 0.378 e. The van der Waals surface area contributed by atoms with Crippen LogP contribution in [0.25, 0.3) is 0 Å². The Morgan fingerprint density at radius 1 is 1.11 bits per heavy atom. The van der Waals surface area contributed by atoms with Gasteiger partial charge in [0.2, 0.25) is 0 Å². The van der Waals surface area contributed by atoms with E-state index < -0.39 is 5.82 Å². The van der Waals surface area contributed by atoms with Crippen molar-refractivity contribution in [2.24, 2.45) is 0 Å². The lowest BCUT2D eigenvalue weighted by molar-refractivity contribution is 0.627. The maximum atomic E-state index is 13.1. The summed E-state index contributed by atoms with van der Waals surface area (Å²) < 4.78 is 13.1. The molecule has 0 aliphatic rings. The molecule has 0 bridgehead atoms. The molecule has 4 heteroatoms. The predicted molar refractivity (Wildman–Crippen MR) is 74.9 cm³/mol. The molecule has 2 rings (SSSR count). The second kappa shape index (κ2) is 5.59. The Hall–Kier alpha value is -1.25. The molecule has 0 spiro atoms. The van der Waals surface area contributed by atoms with Crippen LogP contribution in [0.1, 0.15) is 18.5 Å². The van der Waals surface area contributed by atoms with Crippen LogP contribution in [0, 0.1) is 5.82 Å². The quantitative estimate of drug-likeness (QED) is 0.805. The third-order valence-electron chi connectivity index (χ3n) is 2.65. The van der Waals surface area contributed by atoms with Crippen LogP contribution < -0.4 is 5.32 Å². The molecule has 0 saturated heterocycles. The van der Waals surface area contributed by atoms with Gasteiger partial charge in [-0.15, -0.1) is 0 Å². The van der Waals surface area contributed by atoms with Crippen LogP contribution in [0.4, 0.5) is 10.1 Å². The first-order chi connectivity index (χ1) is 8.56. The van der Waals surface area contributed by atoms with Crippen molar-refractivity contribution in [3.8, 4) is 0 Å². The van der Waals surface area contributed by atoms with Gasteiger partial charge in [-0.3, -0.25) is 0 Å². The minimum absolute atomic E-state index is 0.0153. The summed E-state index contributed by atoms with van der Waals surface area (Å²) in [5.74, 6) is -0.407. The number of halogens is 3. The van der Waals surface area contributed by atoms with E-state index >= 15 is 0 Å². The van der Waals surface area contributed by atoms with Crippen LogP contribution in [-0.2, 0) is 0 Å². The van der Waals surface area contributed by atoms with Crippen LogP contribution in [0.5, 0.6) is 0 Å². The normalized spacial score (nSPS) is 12.2. The Morgan fingerprint density at radius 3 is 2.56 bits per heavy atom. The van der Waals surface area contributed by atoms with E-state index in [1.54, 1.807) is 12.1 Å². The summed E-state index contributed by atoms with van der Waals surface area (Å²) in [6.45, 7) is 1.98. The first kappa shape index (κ1) is 13.2. The molecule has 2 aromatic carbocycles. The number of anilines is 1. The highest BCUT2D eigenvalue weighted by atomic mass is 35.5. The lowest BCUT2D eigenvalue weighted by atomic mass is 10.1. The lowest BCUT2D eigenvalue weighted by Gasteiger charge is -2.16. The number of hydrogen-bond donors (Lipinski definition) is 1. The topological polar surface area (TPSA) is 12.0 Å². The van der Waals surface area contributed by atoms with Crippen LogP contribution in [0.2, 0.25) is 10.0 Å². The van der Waals surface area contributed by atoms with Crippen LogP contribution >= 0.6 is 23.2 Å². The van der Waals surface area contributed by atoms with Crippen LogP contribution in [-0.4, -0.2) is 0 Å². The summed E-state index contributed by atoms with van der Waals surface area (Å²) in [7, 11) is 0. The average Bonchev–Trinajstić information content (AvgIpc) is 2.32. The highest BCUT2D eigenvalue weighted by molar-refractivity contribution is 6.31. The summed E-state index contributed by atoms with van der Waals surface area (Å²) in [6, 6.07) is 12.2. The summed E-state index contributed by atoms with van der Waals surface area (Å²) in [5.41, 5.74) is 1.83. The van der Waals surface area contributed by atoms with Crippen molar-refractivity contribution in [3.05, 3.63) is 63.9 Å². The van der Waals surface area contributed by atoms with Gasteiger partial charge in [-0.2, -0.15) is 0 Å². The Morgan fingerprint density at radius 2 is 1.89 bits per heavy atom. The van der Waals surface area contributed by atoms with Gasteiger partial charge < -0.3 is 5.32 Å². The molecule has 0 aliphatic heterocycles. The molecule has 2 aromatic rings. The van der Waals surface area contributed by atoms with Crippen LogP contribution in [0.3, 0.4) is 0 Å². The molecule has 1 N–H and O–H groups in total. The van der Waals surface area contributed by atoms with E-state index in [0.29, 0.717) is 5.02 Å².